The zero-order chi connectivity index (χ0) is 8.77. The van der Waals surface area contributed by atoms with Crippen molar-refractivity contribution in [2.75, 3.05) is 0 Å². The van der Waals surface area contributed by atoms with Gasteiger partial charge in [0.15, 0.2) is 0 Å². The Morgan fingerprint density at radius 3 is 2.50 bits per heavy atom. The van der Waals surface area contributed by atoms with E-state index in [1.807, 2.05) is 0 Å². The van der Waals surface area contributed by atoms with Crippen LogP contribution in [-0.2, 0) is 16.0 Å². The van der Waals surface area contributed by atoms with Crippen molar-refractivity contribution in [1.29, 1.82) is 0 Å². The molecular weight excluding hydrogens is 187 g/mol. The minimum Gasteiger partial charge on any atom is -1.00 e. The molecule has 0 heterocycles. The molecule has 0 nitrogen and oxygen atoms in total. The summed E-state index contributed by atoms with van der Waals surface area (Å²) in [5.41, 5.74) is 2.13. The van der Waals surface area contributed by atoms with E-state index in [0.717, 1.165) is 12.3 Å². The van der Waals surface area contributed by atoms with Crippen LogP contribution in [0.4, 0.5) is 0 Å². The summed E-state index contributed by atoms with van der Waals surface area (Å²) in [6, 6.07) is 0. The maximum absolute atomic E-state index is 3.67. The van der Waals surface area contributed by atoms with Gasteiger partial charge in [0.05, 0.1) is 0 Å². The molecule has 0 aliphatic heterocycles. The molecular formula is C11H16Mn-. The molecule has 2 aliphatic carbocycles. The summed E-state index contributed by atoms with van der Waals surface area (Å²) in [4.78, 5) is 0. The topological polar surface area (TPSA) is 0 Å². The van der Waals surface area contributed by atoms with Crippen molar-refractivity contribution < 1.29 is 17.4 Å². The second-order valence-electron chi connectivity index (χ2n) is 4.24. The second-order valence-corrected chi connectivity index (χ2v) is 4.95. The average Bonchev–Trinajstić information content (AvgIpc) is 2.71. The van der Waals surface area contributed by atoms with E-state index < -0.39 is 0 Å². The van der Waals surface area contributed by atoms with E-state index in [-0.39, 0.29) is 1.43 Å². The van der Waals surface area contributed by atoms with Gasteiger partial charge in [-0.05, 0) is 0 Å². The summed E-state index contributed by atoms with van der Waals surface area (Å²) in [5.74, 6) is 0.794. The van der Waals surface area contributed by atoms with Crippen molar-refractivity contribution in [2.45, 2.75) is 33.1 Å². The van der Waals surface area contributed by atoms with Crippen LogP contribution >= 0.6 is 0 Å². The first-order valence-corrected chi connectivity index (χ1v) is 5.31. The van der Waals surface area contributed by atoms with Gasteiger partial charge in [-0.15, -0.1) is 0 Å². The molecule has 1 saturated carbocycles. The SMILES string of the molecule is CC(C)C1(C2=[C]([Mn])CC=C2)CC1.[H-]. The van der Waals surface area contributed by atoms with Crippen molar-refractivity contribution in [2.24, 2.45) is 11.3 Å². The summed E-state index contributed by atoms with van der Waals surface area (Å²) in [6.07, 6.45) is 8.47. The first-order chi connectivity index (χ1) is 5.67. The van der Waals surface area contributed by atoms with E-state index in [2.05, 4.69) is 42.0 Å². The van der Waals surface area contributed by atoms with Gasteiger partial charge in [-0.25, -0.2) is 0 Å². The molecule has 0 bridgehead atoms. The van der Waals surface area contributed by atoms with Gasteiger partial charge in [0, 0.05) is 0 Å². The van der Waals surface area contributed by atoms with E-state index in [1.54, 1.807) is 5.57 Å². The van der Waals surface area contributed by atoms with Gasteiger partial charge < -0.3 is 1.43 Å². The summed E-state index contributed by atoms with van der Waals surface area (Å²) in [7, 11) is 0. The van der Waals surface area contributed by atoms with Gasteiger partial charge >= 0.3 is 82.7 Å². The van der Waals surface area contributed by atoms with Crippen molar-refractivity contribution in [3.05, 3.63) is 22.2 Å². The first-order valence-electron chi connectivity index (χ1n) is 4.72. The molecule has 1 heteroatoms. The summed E-state index contributed by atoms with van der Waals surface area (Å²) in [6.45, 7) is 4.68. The second kappa shape index (κ2) is 2.75. The van der Waals surface area contributed by atoms with E-state index in [9.17, 15) is 0 Å². The molecule has 2 rings (SSSR count). The van der Waals surface area contributed by atoms with E-state index in [1.165, 1.54) is 17.3 Å². The fourth-order valence-electron chi connectivity index (χ4n) is 2.21. The largest absolute Gasteiger partial charge is 1.00 e. The molecule has 0 aromatic heterocycles. The van der Waals surface area contributed by atoms with Gasteiger partial charge in [0.2, 0.25) is 0 Å². The van der Waals surface area contributed by atoms with Crippen LogP contribution in [0, 0.1) is 11.3 Å². The predicted molar refractivity (Wildman–Crippen MR) is 48.4 cm³/mol. The minimum absolute atomic E-state index is 0. The van der Waals surface area contributed by atoms with Gasteiger partial charge in [0.1, 0.15) is 0 Å². The number of hydrogen-bond acceptors (Lipinski definition) is 0. The summed E-state index contributed by atoms with van der Waals surface area (Å²) >= 11 is 3.67. The normalized spacial score (nSPS) is 25.7. The molecule has 0 saturated heterocycles. The third-order valence-corrected chi connectivity index (χ3v) is 3.86. The maximum atomic E-state index is 3.67. The van der Waals surface area contributed by atoms with Crippen molar-refractivity contribution in [1.82, 2.24) is 0 Å². The Kier molecular flexibility index (Phi) is 1.97. The zero-order valence-corrected chi connectivity index (χ0v) is 8.91. The standard InChI is InChI=1S/C11H15.Mn.H/c1-9(2)11(7-8-11)10-5-3-4-6-10;;/h3,5,9H,4,7-8H2,1-2H3;;/q;;-1. The monoisotopic (exact) mass is 203 g/mol. The predicted octanol–water partition coefficient (Wildman–Crippen LogP) is 3.30. The van der Waals surface area contributed by atoms with Crippen LogP contribution < -0.4 is 0 Å². The van der Waals surface area contributed by atoms with Crippen LogP contribution in [0.2, 0.25) is 0 Å². The first kappa shape index (κ1) is 8.59. The van der Waals surface area contributed by atoms with Crippen molar-refractivity contribution in [3.63, 3.8) is 0 Å². The molecule has 68 valence electrons. The van der Waals surface area contributed by atoms with Crippen LogP contribution in [0.25, 0.3) is 0 Å². The van der Waals surface area contributed by atoms with Gasteiger partial charge in [-0.3, -0.25) is 0 Å². The Morgan fingerprint density at radius 2 is 2.17 bits per heavy atom. The Balaban J connectivity index is 0.000000845. The Hall–Kier alpha value is -0.000519. The van der Waals surface area contributed by atoms with Gasteiger partial charge in [0.25, 0.3) is 0 Å². The van der Waals surface area contributed by atoms with Crippen LogP contribution in [-0.4, -0.2) is 0 Å². The molecule has 0 N–H and O–H groups in total. The summed E-state index contributed by atoms with van der Waals surface area (Å²) < 4.78 is 1.42. The molecule has 0 atom stereocenters. The zero-order valence-electron chi connectivity index (χ0n) is 8.73. The molecule has 2 aliphatic rings. The number of hydrogen-bond donors (Lipinski definition) is 0. The van der Waals surface area contributed by atoms with E-state index >= 15 is 0 Å². The molecule has 0 radical (unpaired) electrons. The number of rotatable bonds is 2. The molecule has 12 heavy (non-hydrogen) atoms. The molecule has 1 fully saturated rings. The molecule has 0 aromatic carbocycles. The third kappa shape index (κ3) is 1.11. The minimum atomic E-state index is 0. The molecule has 0 amide bonds. The van der Waals surface area contributed by atoms with Crippen LogP contribution in [0.5, 0.6) is 0 Å². The molecule has 0 unspecified atom stereocenters. The third-order valence-electron chi connectivity index (χ3n) is 3.30. The van der Waals surface area contributed by atoms with Crippen LogP contribution in [0.3, 0.4) is 0 Å². The van der Waals surface area contributed by atoms with E-state index in [4.69, 9.17) is 0 Å². The fourth-order valence-corrected chi connectivity index (χ4v) is 2.74. The quantitative estimate of drug-likeness (QED) is 0.604. The molecule has 0 spiro atoms. The average molecular weight is 203 g/mol. The smallest absolute Gasteiger partial charge is 1.00 e. The Morgan fingerprint density at radius 1 is 1.50 bits per heavy atom. The van der Waals surface area contributed by atoms with E-state index in [0.29, 0.717) is 5.41 Å². The van der Waals surface area contributed by atoms with Crippen LogP contribution in [0.1, 0.15) is 34.5 Å². The van der Waals surface area contributed by atoms with Gasteiger partial charge in [-0.2, -0.15) is 0 Å². The Bertz CT molecular complexity index is 259. The summed E-state index contributed by atoms with van der Waals surface area (Å²) in [5, 5.41) is 0. The van der Waals surface area contributed by atoms with Crippen molar-refractivity contribution >= 4 is 0 Å². The maximum Gasteiger partial charge on any atom is -1.00 e. The van der Waals surface area contributed by atoms with Crippen molar-refractivity contribution in [3.8, 4) is 0 Å². The van der Waals surface area contributed by atoms with Gasteiger partial charge in [-0.1, -0.05) is 0 Å². The van der Waals surface area contributed by atoms with Crippen LogP contribution in [0.15, 0.2) is 22.2 Å². The fraction of sp³-hybridized carbons (Fsp3) is 0.636. The number of allylic oxidation sites excluding steroid dienone is 4. The molecule has 0 aromatic rings. The Labute approximate surface area is 84.4 Å².